The van der Waals surface area contributed by atoms with Crippen LogP contribution in [0.4, 0.5) is 5.69 Å². The minimum atomic E-state index is 0.516. The first kappa shape index (κ1) is 15.6. The van der Waals surface area contributed by atoms with E-state index in [1.54, 1.807) is 0 Å². The third kappa shape index (κ3) is 3.57. The monoisotopic (exact) mass is 370 g/mol. The molecule has 2 atom stereocenters. The van der Waals surface area contributed by atoms with Crippen LogP contribution in [0, 0.1) is 5.92 Å². The second-order valence-electron chi connectivity index (χ2n) is 6.51. The van der Waals surface area contributed by atoms with Crippen LogP contribution in [0.25, 0.3) is 0 Å². The van der Waals surface area contributed by atoms with E-state index in [-0.39, 0.29) is 0 Å². The molecule has 0 radical (unpaired) electrons. The molecule has 1 N–H and O–H groups in total. The number of benzene rings is 1. The Balaban J connectivity index is 1.74. The van der Waals surface area contributed by atoms with E-state index in [0.717, 1.165) is 28.5 Å². The maximum Gasteiger partial charge on any atom is 0.0568 e. The Morgan fingerprint density at radius 2 is 2.00 bits per heavy atom. The molecular weight excluding hydrogens is 348 g/mol. The summed E-state index contributed by atoms with van der Waals surface area (Å²) in [5.74, 6) is 0.847. The number of nitrogens with zero attached hydrogens (tertiary/aromatic N) is 1. The third-order valence-corrected chi connectivity index (χ3v) is 6.29. The Morgan fingerprint density at radius 1 is 1.24 bits per heavy atom. The Bertz CT molecular complexity index is 488. The summed E-state index contributed by atoms with van der Waals surface area (Å²) in [6.45, 7) is 4.46. The molecule has 0 aromatic heterocycles. The average molecular weight is 372 g/mol. The molecule has 4 heteroatoms. The van der Waals surface area contributed by atoms with Crippen LogP contribution >= 0.6 is 27.5 Å². The molecule has 3 rings (SSSR count). The van der Waals surface area contributed by atoms with Gasteiger partial charge >= 0.3 is 0 Å². The van der Waals surface area contributed by atoms with Gasteiger partial charge in [0.1, 0.15) is 0 Å². The number of halogens is 2. The van der Waals surface area contributed by atoms with Crippen molar-refractivity contribution in [3.63, 3.8) is 0 Å². The van der Waals surface area contributed by atoms with Crippen LogP contribution in [-0.2, 0) is 0 Å². The lowest BCUT2D eigenvalue weighted by Gasteiger charge is -2.44. The van der Waals surface area contributed by atoms with E-state index in [1.807, 2.05) is 0 Å². The van der Waals surface area contributed by atoms with Crippen LogP contribution < -0.4 is 10.2 Å². The second kappa shape index (κ2) is 6.89. The zero-order valence-electron chi connectivity index (χ0n) is 12.6. The van der Waals surface area contributed by atoms with Gasteiger partial charge in [-0.1, -0.05) is 30.9 Å². The zero-order chi connectivity index (χ0) is 14.8. The van der Waals surface area contributed by atoms with Crippen molar-refractivity contribution in [3.8, 4) is 0 Å². The molecule has 0 amide bonds. The fourth-order valence-electron chi connectivity index (χ4n) is 3.76. The third-order valence-electron chi connectivity index (χ3n) is 5.05. The molecule has 1 aliphatic heterocycles. The molecule has 1 saturated carbocycles. The molecular formula is C17H24BrClN2. The predicted octanol–water partition coefficient (Wildman–Crippen LogP) is 4.85. The first-order chi connectivity index (χ1) is 10.1. The van der Waals surface area contributed by atoms with Crippen molar-refractivity contribution in [2.45, 2.75) is 51.1 Å². The molecule has 21 heavy (non-hydrogen) atoms. The number of piperazine rings is 1. The highest BCUT2D eigenvalue weighted by Crippen LogP contribution is 2.32. The quantitative estimate of drug-likeness (QED) is 0.799. The molecule has 2 fully saturated rings. The van der Waals surface area contributed by atoms with Crippen molar-refractivity contribution in [1.82, 2.24) is 5.32 Å². The van der Waals surface area contributed by atoms with Gasteiger partial charge < -0.3 is 10.2 Å². The van der Waals surface area contributed by atoms with Gasteiger partial charge in [0.15, 0.2) is 0 Å². The van der Waals surface area contributed by atoms with E-state index >= 15 is 0 Å². The lowest BCUT2D eigenvalue weighted by atomic mass is 9.82. The summed E-state index contributed by atoms with van der Waals surface area (Å²) in [7, 11) is 0. The van der Waals surface area contributed by atoms with Gasteiger partial charge in [-0.05, 0) is 59.8 Å². The van der Waals surface area contributed by atoms with Crippen LogP contribution in [0.1, 0.15) is 39.0 Å². The molecule has 2 aliphatic rings. The topological polar surface area (TPSA) is 15.3 Å². The number of anilines is 1. The van der Waals surface area contributed by atoms with Crippen LogP contribution in [0.15, 0.2) is 22.7 Å². The Kier molecular flexibility index (Phi) is 5.13. The predicted molar refractivity (Wildman–Crippen MR) is 94.3 cm³/mol. The van der Waals surface area contributed by atoms with Gasteiger partial charge in [0.2, 0.25) is 0 Å². The summed E-state index contributed by atoms with van der Waals surface area (Å²) in [5.41, 5.74) is 1.25. The van der Waals surface area contributed by atoms with Crippen molar-refractivity contribution >= 4 is 33.2 Å². The van der Waals surface area contributed by atoms with Crippen LogP contribution in [0.5, 0.6) is 0 Å². The van der Waals surface area contributed by atoms with Crippen molar-refractivity contribution in [1.29, 1.82) is 0 Å². The molecule has 1 aromatic carbocycles. The summed E-state index contributed by atoms with van der Waals surface area (Å²) in [6.07, 6.45) is 7.01. The lowest BCUT2D eigenvalue weighted by Crippen LogP contribution is -2.58. The van der Waals surface area contributed by atoms with Crippen molar-refractivity contribution in [3.05, 3.63) is 27.7 Å². The van der Waals surface area contributed by atoms with Gasteiger partial charge in [-0.25, -0.2) is 0 Å². The van der Waals surface area contributed by atoms with E-state index in [1.165, 1.54) is 37.8 Å². The number of rotatable bonds is 2. The average Bonchev–Trinajstić information content (AvgIpc) is 2.51. The summed E-state index contributed by atoms with van der Waals surface area (Å²) in [4.78, 5) is 2.52. The Morgan fingerprint density at radius 3 is 2.71 bits per heavy atom. The van der Waals surface area contributed by atoms with Gasteiger partial charge in [-0.3, -0.25) is 0 Å². The van der Waals surface area contributed by atoms with E-state index in [9.17, 15) is 0 Å². The molecule has 2 unspecified atom stereocenters. The van der Waals surface area contributed by atoms with Crippen molar-refractivity contribution in [2.24, 2.45) is 5.92 Å². The summed E-state index contributed by atoms with van der Waals surface area (Å²) in [6, 6.07) is 7.47. The van der Waals surface area contributed by atoms with Crippen LogP contribution in [0.2, 0.25) is 5.02 Å². The SMILES string of the molecule is CC1CNC(C2CCCCC2)CN1c1ccc(Br)c(Cl)c1. The highest BCUT2D eigenvalue weighted by Gasteiger charge is 2.31. The summed E-state index contributed by atoms with van der Waals surface area (Å²) < 4.78 is 0.972. The molecule has 2 nitrogen and oxygen atoms in total. The lowest BCUT2D eigenvalue weighted by molar-refractivity contribution is 0.245. The Labute approximate surface area is 141 Å². The molecule has 1 heterocycles. The van der Waals surface area contributed by atoms with E-state index in [4.69, 9.17) is 11.6 Å². The molecule has 1 saturated heterocycles. The zero-order valence-corrected chi connectivity index (χ0v) is 15.0. The van der Waals surface area contributed by atoms with Gasteiger partial charge in [-0.2, -0.15) is 0 Å². The summed E-state index contributed by atoms with van der Waals surface area (Å²) >= 11 is 9.76. The fraction of sp³-hybridized carbons (Fsp3) is 0.647. The van der Waals surface area contributed by atoms with Gasteiger partial charge in [0.25, 0.3) is 0 Å². The summed E-state index contributed by atoms with van der Waals surface area (Å²) in [5, 5.41) is 4.58. The van der Waals surface area contributed by atoms with Gasteiger partial charge in [0.05, 0.1) is 5.02 Å². The second-order valence-corrected chi connectivity index (χ2v) is 7.77. The van der Waals surface area contributed by atoms with Crippen molar-refractivity contribution in [2.75, 3.05) is 18.0 Å². The molecule has 116 valence electrons. The highest BCUT2D eigenvalue weighted by molar-refractivity contribution is 9.10. The first-order valence-electron chi connectivity index (χ1n) is 8.10. The van der Waals surface area contributed by atoms with Gasteiger partial charge in [-0.15, -0.1) is 0 Å². The van der Waals surface area contributed by atoms with E-state index in [2.05, 4.69) is 51.3 Å². The van der Waals surface area contributed by atoms with Crippen LogP contribution in [0.3, 0.4) is 0 Å². The van der Waals surface area contributed by atoms with E-state index in [0.29, 0.717) is 12.1 Å². The fourth-order valence-corrected chi connectivity index (χ4v) is 4.19. The highest BCUT2D eigenvalue weighted by atomic mass is 79.9. The number of nitrogens with one attached hydrogen (secondary N) is 1. The maximum absolute atomic E-state index is 6.28. The van der Waals surface area contributed by atoms with Crippen LogP contribution in [-0.4, -0.2) is 25.2 Å². The van der Waals surface area contributed by atoms with Gasteiger partial charge in [0, 0.05) is 35.3 Å². The van der Waals surface area contributed by atoms with Crippen molar-refractivity contribution < 1.29 is 0 Å². The molecule has 0 spiro atoms. The molecule has 1 aromatic rings. The first-order valence-corrected chi connectivity index (χ1v) is 9.27. The molecule has 1 aliphatic carbocycles. The minimum absolute atomic E-state index is 0.516. The Hall–Kier alpha value is -0.250. The maximum atomic E-state index is 6.28. The minimum Gasteiger partial charge on any atom is -0.366 e. The standard InChI is InChI=1S/C17H24BrClN2/c1-12-10-20-17(13-5-3-2-4-6-13)11-21(12)14-7-8-15(18)16(19)9-14/h7-9,12-13,17,20H,2-6,10-11H2,1H3. The molecule has 0 bridgehead atoms. The largest absolute Gasteiger partial charge is 0.366 e. The smallest absolute Gasteiger partial charge is 0.0568 e. The number of hydrogen-bond donors (Lipinski definition) is 1. The normalized spacial score (nSPS) is 27.9. The number of hydrogen-bond acceptors (Lipinski definition) is 2. The van der Waals surface area contributed by atoms with E-state index < -0.39 is 0 Å².